The minimum Gasteiger partial charge on any atom is -0.493 e. The highest BCUT2D eigenvalue weighted by Gasteiger charge is 2.51. The third kappa shape index (κ3) is 5.78. The number of aliphatic hydroxyl groups is 3. The fraction of sp³-hybridized carbons (Fsp3) is 0.448. The standard InChI is InChI=1S/C29H35FN2O7/c1-16(2)29(37)32(9-7-17-5-4-6-19(30)11-17)22-14-21(28(36)31-8-10-33)24-20-12-18(15-34)13-23(38-3)26(20)39-27(24)25(22)35/h4-6,11-14,16,22,24-25,27,33-35H,7-10,15H2,1-3H3,(H,31,36). The maximum Gasteiger partial charge on any atom is 0.247 e. The normalized spacial score (nSPS) is 21.5. The summed E-state index contributed by atoms with van der Waals surface area (Å²) in [4.78, 5) is 28.3. The molecule has 0 spiro atoms. The predicted molar refractivity (Wildman–Crippen MR) is 141 cm³/mol. The molecule has 9 nitrogen and oxygen atoms in total. The second-order valence-electron chi connectivity index (χ2n) is 10.1. The highest BCUT2D eigenvalue weighted by molar-refractivity contribution is 5.96. The molecule has 0 bridgehead atoms. The van der Waals surface area contributed by atoms with Crippen molar-refractivity contribution in [3.63, 3.8) is 0 Å². The highest BCUT2D eigenvalue weighted by Crippen LogP contribution is 2.51. The largest absolute Gasteiger partial charge is 0.493 e. The number of aliphatic hydroxyl groups excluding tert-OH is 3. The van der Waals surface area contributed by atoms with Crippen molar-refractivity contribution >= 4 is 11.8 Å². The molecule has 4 N–H and O–H groups in total. The average molecular weight is 543 g/mol. The zero-order chi connectivity index (χ0) is 28.3. The molecule has 10 heteroatoms. The van der Waals surface area contributed by atoms with Gasteiger partial charge >= 0.3 is 0 Å². The minimum atomic E-state index is -1.21. The Bertz CT molecular complexity index is 1250. The summed E-state index contributed by atoms with van der Waals surface area (Å²) in [6, 6.07) is 8.53. The van der Waals surface area contributed by atoms with E-state index in [1.165, 1.54) is 24.1 Å². The molecule has 2 aliphatic rings. The molecule has 0 saturated heterocycles. The summed E-state index contributed by atoms with van der Waals surface area (Å²) in [6.07, 6.45) is -0.220. The van der Waals surface area contributed by atoms with Crippen molar-refractivity contribution in [1.82, 2.24) is 10.2 Å². The summed E-state index contributed by atoms with van der Waals surface area (Å²) in [5.74, 6) is -1.50. The van der Waals surface area contributed by atoms with Gasteiger partial charge in [-0.1, -0.05) is 26.0 Å². The van der Waals surface area contributed by atoms with Gasteiger partial charge in [0, 0.05) is 30.1 Å². The van der Waals surface area contributed by atoms with Crippen LogP contribution in [-0.2, 0) is 22.6 Å². The monoisotopic (exact) mass is 542 g/mol. The first-order valence-electron chi connectivity index (χ1n) is 13.0. The molecule has 2 amide bonds. The number of amides is 2. The second-order valence-corrected chi connectivity index (χ2v) is 10.1. The fourth-order valence-corrected chi connectivity index (χ4v) is 5.30. The SMILES string of the molecule is COc1cc(CO)cc2c1OC1C2C(C(=O)NCCO)=CC(N(CCc2cccc(F)c2)C(=O)C(C)C)C1O. The Hall–Kier alpha value is -3.47. The Labute approximate surface area is 226 Å². The smallest absolute Gasteiger partial charge is 0.247 e. The van der Waals surface area contributed by atoms with Crippen LogP contribution in [-0.4, -0.2) is 77.1 Å². The molecule has 0 radical (unpaired) electrons. The van der Waals surface area contributed by atoms with Crippen LogP contribution in [0.4, 0.5) is 4.39 Å². The van der Waals surface area contributed by atoms with E-state index in [4.69, 9.17) is 9.47 Å². The Balaban J connectivity index is 1.77. The van der Waals surface area contributed by atoms with E-state index in [0.717, 1.165) is 0 Å². The molecule has 0 saturated carbocycles. The third-order valence-electron chi connectivity index (χ3n) is 7.16. The van der Waals surface area contributed by atoms with E-state index in [0.29, 0.717) is 34.6 Å². The van der Waals surface area contributed by atoms with Crippen molar-refractivity contribution in [2.75, 3.05) is 26.8 Å². The van der Waals surface area contributed by atoms with Gasteiger partial charge in [0.15, 0.2) is 11.5 Å². The number of hydrogen-bond acceptors (Lipinski definition) is 7. The van der Waals surface area contributed by atoms with E-state index >= 15 is 0 Å². The van der Waals surface area contributed by atoms with Gasteiger partial charge in [-0.25, -0.2) is 4.39 Å². The van der Waals surface area contributed by atoms with Gasteiger partial charge < -0.3 is 35.0 Å². The van der Waals surface area contributed by atoms with Crippen LogP contribution in [0.2, 0.25) is 0 Å². The van der Waals surface area contributed by atoms with Crippen LogP contribution in [0.5, 0.6) is 11.5 Å². The lowest BCUT2D eigenvalue weighted by molar-refractivity contribution is -0.140. The minimum absolute atomic E-state index is 0.0166. The first-order chi connectivity index (χ1) is 18.7. The Morgan fingerprint density at radius 3 is 2.59 bits per heavy atom. The molecule has 1 heterocycles. The van der Waals surface area contributed by atoms with E-state index in [1.54, 1.807) is 44.2 Å². The number of nitrogens with one attached hydrogen (secondary N) is 1. The van der Waals surface area contributed by atoms with Crippen LogP contribution < -0.4 is 14.8 Å². The molecule has 4 atom stereocenters. The van der Waals surface area contributed by atoms with Gasteiger partial charge in [0.25, 0.3) is 0 Å². The average Bonchev–Trinajstić information content (AvgIpc) is 3.32. The van der Waals surface area contributed by atoms with Crippen molar-refractivity contribution in [3.05, 3.63) is 70.6 Å². The number of ether oxygens (including phenoxy) is 2. The topological polar surface area (TPSA) is 129 Å². The highest BCUT2D eigenvalue weighted by atomic mass is 19.1. The van der Waals surface area contributed by atoms with E-state index in [9.17, 15) is 29.3 Å². The van der Waals surface area contributed by atoms with Gasteiger partial charge in [-0.05, 0) is 47.9 Å². The number of fused-ring (bicyclic) bond motifs is 3. The summed E-state index contributed by atoms with van der Waals surface area (Å²) in [5, 5.41) is 33.4. The Morgan fingerprint density at radius 2 is 1.95 bits per heavy atom. The first kappa shape index (κ1) is 28.5. The molecule has 210 valence electrons. The predicted octanol–water partition coefficient (Wildman–Crippen LogP) is 1.68. The number of hydrogen-bond donors (Lipinski definition) is 4. The molecule has 4 unspecified atom stereocenters. The maximum absolute atomic E-state index is 13.8. The lowest BCUT2D eigenvalue weighted by Gasteiger charge is -2.41. The molecule has 0 fully saturated rings. The Kier molecular flexibility index (Phi) is 8.89. The number of halogens is 1. The summed E-state index contributed by atoms with van der Waals surface area (Å²) < 4.78 is 25.5. The van der Waals surface area contributed by atoms with Gasteiger partial charge in [0.1, 0.15) is 18.0 Å². The molecule has 39 heavy (non-hydrogen) atoms. The lowest BCUT2D eigenvalue weighted by atomic mass is 9.77. The Morgan fingerprint density at radius 1 is 1.18 bits per heavy atom. The van der Waals surface area contributed by atoms with Gasteiger partial charge in [0.2, 0.25) is 11.8 Å². The van der Waals surface area contributed by atoms with E-state index in [-0.39, 0.29) is 43.6 Å². The maximum atomic E-state index is 13.8. The van der Waals surface area contributed by atoms with E-state index in [2.05, 4.69) is 5.32 Å². The fourth-order valence-electron chi connectivity index (χ4n) is 5.30. The van der Waals surface area contributed by atoms with Gasteiger partial charge in [-0.3, -0.25) is 9.59 Å². The molecule has 0 aromatic heterocycles. The molecule has 2 aromatic rings. The number of carbonyl (C=O) groups is 2. The van der Waals surface area contributed by atoms with E-state index < -0.39 is 36.0 Å². The van der Waals surface area contributed by atoms with Crippen molar-refractivity contribution < 1.29 is 38.8 Å². The molecule has 1 aliphatic heterocycles. The lowest BCUT2D eigenvalue weighted by Crippen LogP contribution is -2.56. The van der Waals surface area contributed by atoms with E-state index in [1.807, 2.05) is 0 Å². The number of rotatable bonds is 10. The van der Waals surface area contributed by atoms with Crippen LogP contribution in [0, 0.1) is 11.7 Å². The molecule has 2 aromatic carbocycles. The molecule has 4 rings (SSSR count). The van der Waals surface area contributed by atoms with Crippen LogP contribution in [0.25, 0.3) is 0 Å². The van der Waals surface area contributed by atoms with Crippen LogP contribution in [0.3, 0.4) is 0 Å². The van der Waals surface area contributed by atoms with Crippen LogP contribution >= 0.6 is 0 Å². The van der Waals surface area contributed by atoms with Crippen LogP contribution in [0.15, 0.2) is 48.0 Å². The number of methoxy groups -OCH3 is 1. The molecule has 1 aliphatic carbocycles. The summed E-state index contributed by atoms with van der Waals surface area (Å²) in [5.41, 5.74) is 2.09. The van der Waals surface area contributed by atoms with Gasteiger partial charge in [0.05, 0.1) is 32.3 Å². The zero-order valence-corrected chi connectivity index (χ0v) is 22.3. The summed E-state index contributed by atoms with van der Waals surface area (Å²) in [6.45, 7) is 3.16. The quantitative estimate of drug-likeness (QED) is 0.360. The summed E-state index contributed by atoms with van der Waals surface area (Å²) in [7, 11) is 1.46. The first-order valence-corrected chi connectivity index (χ1v) is 13.0. The number of nitrogens with zero attached hydrogens (tertiary/aromatic N) is 1. The van der Waals surface area contributed by atoms with Crippen molar-refractivity contribution in [2.45, 2.75) is 51.0 Å². The molecular formula is C29H35FN2O7. The number of benzene rings is 2. The second kappa shape index (κ2) is 12.1. The zero-order valence-electron chi connectivity index (χ0n) is 22.3. The molecular weight excluding hydrogens is 507 g/mol. The third-order valence-corrected chi connectivity index (χ3v) is 7.16. The van der Waals surface area contributed by atoms with Gasteiger partial charge in [-0.15, -0.1) is 0 Å². The van der Waals surface area contributed by atoms with Crippen molar-refractivity contribution in [3.8, 4) is 11.5 Å². The van der Waals surface area contributed by atoms with Crippen molar-refractivity contribution in [2.24, 2.45) is 5.92 Å². The number of carbonyl (C=O) groups excluding carboxylic acids is 2. The van der Waals surface area contributed by atoms with Crippen molar-refractivity contribution in [1.29, 1.82) is 0 Å². The van der Waals surface area contributed by atoms with Gasteiger partial charge in [-0.2, -0.15) is 0 Å². The van der Waals surface area contributed by atoms with Crippen LogP contribution in [0.1, 0.15) is 36.5 Å². The summed E-state index contributed by atoms with van der Waals surface area (Å²) >= 11 is 0.